The van der Waals surface area contributed by atoms with Crippen molar-refractivity contribution in [3.05, 3.63) is 58.7 Å². The van der Waals surface area contributed by atoms with Gasteiger partial charge in [0.25, 0.3) is 0 Å². The summed E-state index contributed by atoms with van der Waals surface area (Å²) in [6, 6.07) is 12.7. The molecule has 2 aromatic carbocycles. The van der Waals surface area contributed by atoms with Gasteiger partial charge in [0.05, 0.1) is 6.61 Å². The highest BCUT2D eigenvalue weighted by Gasteiger charge is 2.33. The zero-order chi connectivity index (χ0) is 20.9. The van der Waals surface area contributed by atoms with E-state index >= 15 is 0 Å². The van der Waals surface area contributed by atoms with Crippen LogP contribution in [-0.4, -0.2) is 19.0 Å². The van der Waals surface area contributed by atoms with Gasteiger partial charge in [-0.3, -0.25) is 0 Å². The van der Waals surface area contributed by atoms with Gasteiger partial charge in [0.15, 0.2) is 6.79 Å². The van der Waals surface area contributed by atoms with Crippen LogP contribution in [0.5, 0.6) is 5.75 Å². The van der Waals surface area contributed by atoms with Crippen LogP contribution >= 0.6 is 8.58 Å². The first-order valence-corrected chi connectivity index (χ1v) is 10.9. The molecule has 3 nitrogen and oxygen atoms in total. The molecule has 0 aliphatic heterocycles. The predicted molar refractivity (Wildman–Crippen MR) is 120 cm³/mol. The average molecular weight is 403 g/mol. The lowest BCUT2D eigenvalue weighted by Crippen LogP contribution is -2.24. The molecule has 2 atom stereocenters. The van der Waals surface area contributed by atoms with Crippen LogP contribution in [0.1, 0.15) is 63.3 Å². The Morgan fingerprint density at radius 3 is 2.25 bits per heavy atom. The van der Waals surface area contributed by atoms with E-state index < -0.39 is 0 Å². The van der Waals surface area contributed by atoms with E-state index in [9.17, 15) is 5.11 Å². The van der Waals surface area contributed by atoms with Crippen LogP contribution in [0.3, 0.4) is 0 Å². The van der Waals surface area contributed by atoms with Crippen molar-refractivity contribution in [1.29, 1.82) is 0 Å². The largest absolute Gasteiger partial charge is 0.467 e. The molecular weight excluding hydrogens is 367 g/mol. The minimum absolute atomic E-state index is 0.0371. The first-order valence-electron chi connectivity index (χ1n) is 9.90. The zero-order valence-corrected chi connectivity index (χ0v) is 19.3. The Labute approximate surface area is 172 Å². The number of aliphatic hydroxyl groups is 1. The van der Waals surface area contributed by atoms with Crippen molar-refractivity contribution in [2.24, 2.45) is 0 Å². The summed E-state index contributed by atoms with van der Waals surface area (Å²) in [5.41, 5.74) is 4.64. The summed E-state index contributed by atoms with van der Waals surface area (Å²) < 4.78 is 11.4. The zero-order valence-electron chi connectivity index (χ0n) is 18.3. The van der Waals surface area contributed by atoms with Crippen molar-refractivity contribution < 1.29 is 14.6 Å². The summed E-state index contributed by atoms with van der Waals surface area (Å²) in [5.74, 6) is 0.943. The molecule has 2 rings (SSSR count). The topological polar surface area (TPSA) is 38.7 Å². The van der Waals surface area contributed by atoms with E-state index in [1.807, 2.05) is 12.1 Å². The van der Waals surface area contributed by atoms with E-state index in [0.29, 0.717) is 8.58 Å². The van der Waals surface area contributed by atoms with Gasteiger partial charge in [0.2, 0.25) is 0 Å². The quantitative estimate of drug-likeness (QED) is 0.475. The molecule has 0 amide bonds. The number of ether oxygens (including phenoxy) is 2. The summed E-state index contributed by atoms with van der Waals surface area (Å²) in [4.78, 5) is 0. The third-order valence-electron chi connectivity index (χ3n) is 5.26. The summed E-state index contributed by atoms with van der Waals surface area (Å²) in [7, 11) is 2.18. The minimum atomic E-state index is -0.0969. The Hall–Kier alpha value is -1.41. The number of benzene rings is 2. The molecule has 0 aliphatic carbocycles. The van der Waals surface area contributed by atoms with Crippen molar-refractivity contribution in [3.8, 4) is 5.75 Å². The van der Waals surface area contributed by atoms with E-state index in [4.69, 9.17) is 9.47 Å². The molecule has 28 heavy (non-hydrogen) atoms. The molecule has 4 heteroatoms. The summed E-state index contributed by atoms with van der Waals surface area (Å²) >= 11 is 0. The Bertz CT molecular complexity index is 795. The van der Waals surface area contributed by atoms with Crippen LogP contribution in [0.2, 0.25) is 0 Å². The molecular formula is C24H35O3P. The number of hydrogen-bond donors (Lipinski definition) is 1. The van der Waals surface area contributed by atoms with Gasteiger partial charge in [0, 0.05) is 23.4 Å². The van der Waals surface area contributed by atoms with Gasteiger partial charge in [-0.2, -0.15) is 0 Å². The van der Waals surface area contributed by atoms with Crippen molar-refractivity contribution >= 4 is 13.9 Å². The lowest BCUT2D eigenvalue weighted by atomic mass is 9.81. The van der Waals surface area contributed by atoms with Gasteiger partial charge in [-0.05, 0) is 29.6 Å². The van der Waals surface area contributed by atoms with Gasteiger partial charge in [0.1, 0.15) is 5.75 Å². The fourth-order valence-electron chi connectivity index (χ4n) is 3.44. The van der Waals surface area contributed by atoms with Crippen molar-refractivity contribution in [2.45, 2.75) is 65.1 Å². The van der Waals surface area contributed by atoms with Crippen molar-refractivity contribution in [3.63, 3.8) is 0 Å². The van der Waals surface area contributed by atoms with E-state index in [0.717, 1.165) is 17.7 Å². The van der Waals surface area contributed by atoms with Gasteiger partial charge in [-0.15, -0.1) is 0 Å². The van der Waals surface area contributed by atoms with Crippen LogP contribution in [0.25, 0.3) is 0 Å². The molecule has 0 fully saturated rings. The molecule has 154 valence electrons. The van der Waals surface area contributed by atoms with Crippen LogP contribution in [0, 0.1) is 6.92 Å². The second-order valence-electron chi connectivity index (χ2n) is 8.62. The maximum Gasteiger partial charge on any atom is 0.188 e. The molecule has 0 spiro atoms. The van der Waals surface area contributed by atoms with Crippen LogP contribution < -0.4 is 10.0 Å². The fraction of sp³-hybridized carbons (Fsp3) is 0.500. The molecule has 0 bridgehead atoms. The molecule has 2 aromatic rings. The Balaban J connectivity index is 2.65. The second-order valence-corrected chi connectivity index (χ2v) is 10.5. The van der Waals surface area contributed by atoms with Crippen molar-refractivity contribution in [2.75, 3.05) is 13.9 Å². The number of aryl methyl sites for hydroxylation is 1. The fourth-order valence-corrected chi connectivity index (χ4v) is 5.03. The molecule has 0 radical (unpaired) electrons. The average Bonchev–Trinajstić information content (AvgIpc) is 2.66. The van der Waals surface area contributed by atoms with E-state index in [2.05, 4.69) is 65.8 Å². The second kappa shape index (κ2) is 9.39. The first-order chi connectivity index (χ1) is 13.2. The van der Waals surface area contributed by atoms with E-state index in [-0.39, 0.29) is 24.0 Å². The SMILES string of the molecule is CCC(C)(Pc1ccccc1CO)c1cc(C)cc(C(C)(C)C)c1OCOC. The van der Waals surface area contributed by atoms with E-state index in [1.54, 1.807) is 7.11 Å². The predicted octanol–water partition coefficient (Wildman–Crippen LogP) is 5.40. The third-order valence-corrected chi connectivity index (χ3v) is 7.19. The number of rotatable bonds is 8. The number of aliphatic hydroxyl groups excluding tert-OH is 1. The number of methoxy groups -OCH3 is 1. The van der Waals surface area contributed by atoms with E-state index in [1.165, 1.54) is 22.0 Å². The summed E-state index contributed by atoms with van der Waals surface area (Å²) in [6.45, 7) is 13.6. The minimum Gasteiger partial charge on any atom is -0.467 e. The standard InChI is InChI=1S/C24H35O3P/c1-8-24(6,28-21-12-10-9-11-18(21)15-25)20-14-17(2)13-19(23(3,4)5)22(20)27-16-26-7/h9-14,25,28H,8,15-16H2,1-7H3. The molecule has 0 saturated heterocycles. The van der Waals surface area contributed by atoms with Gasteiger partial charge >= 0.3 is 0 Å². The van der Waals surface area contributed by atoms with Gasteiger partial charge < -0.3 is 14.6 Å². The third kappa shape index (κ3) is 5.14. The number of hydrogen-bond acceptors (Lipinski definition) is 3. The first kappa shape index (κ1) is 22.9. The molecule has 0 aliphatic rings. The molecule has 0 aromatic heterocycles. The normalized spacial score (nSPS) is 14.4. The van der Waals surface area contributed by atoms with Crippen LogP contribution in [0.4, 0.5) is 0 Å². The highest BCUT2D eigenvalue weighted by Crippen LogP contribution is 2.50. The molecule has 0 saturated carbocycles. The Morgan fingerprint density at radius 2 is 1.68 bits per heavy atom. The smallest absolute Gasteiger partial charge is 0.188 e. The summed E-state index contributed by atoms with van der Waals surface area (Å²) in [5, 5.41) is 10.9. The monoisotopic (exact) mass is 402 g/mol. The molecule has 1 N–H and O–H groups in total. The maximum absolute atomic E-state index is 9.79. The summed E-state index contributed by atoms with van der Waals surface area (Å²) in [6.07, 6.45) is 0.974. The highest BCUT2D eigenvalue weighted by molar-refractivity contribution is 7.48. The highest BCUT2D eigenvalue weighted by atomic mass is 31.1. The van der Waals surface area contributed by atoms with Gasteiger partial charge in [-0.1, -0.05) is 85.2 Å². The van der Waals surface area contributed by atoms with Crippen molar-refractivity contribution in [1.82, 2.24) is 0 Å². The lowest BCUT2D eigenvalue weighted by molar-refractivity contribution is 0.0487. The van der Waals surface area contributed by atoms with Crippen LogP contribution in [-0.2, 0) is 21.9 Å². The van der Waals surface area contributed by atoms with Gasteiger partial charge in [-0.25, -0.2) is 0 Å². The maximum atomic E-state index is 9.79. The van der Waals surface area contributed by atoms with Crippen LogP contribution in [0.15, 0.2) is 36.4 Å². The lowest BCUT2D eigenvalue weighted by Gasteiger charge is -2.35. The molecule has 0 heterocycles. The molecule has 2 unspecified atom stereocenters. The Kier molecular flexibility index (Phi) is 7.67. The Morgan fingerprint density at radius 1 is 1.04 bits per heavy atom.